The molecule has 136 valence electrons. The fourth-order valence-electron chi connectivity index (χ4n) is 2.98. The molecule has 2 amide bonds. The summed E-state index contributed by atoms with van der Waals surface area (Å²) in [5.74, 6) is 0.851. The topological polar surface area (TPSA) is 67.9 Å². The van der Waals surface area contributed by atoms with E-state index in [-0.39, 0.29) is 18.4 Å². The first-order chi connectivity index (χ1) is 12.6. The first-order valence-electron chi connectivity index (χ1n) is 8.58. The molecule has 1 aliphatic rings. The predicted octanol–water partition coefficient (Wildman–Crippen LogP) is 2.49. The number of rotatable bonds is 6. The third-order valence-electron chi connectivity index (χ3n) is 4.33. The zero-order valence-electron chi connectivity index (χ0n) is 14.9. The highest BCUT2D eigenvalue weighted by atomic mass is 16.5. The van der Waals surface area contributed by atoms with Crippen LogP contribution in [0.4, 0.5) is 5.69 Å². The lowest BCUT2D eigenvalue weighted by atomic mass is 10.1. The summed E-state index contributed by atoms with van der Waals surface area (Å²) < 4.78 is 11.0. The van der Waals surface area contributed by atoms with Crippen molar-refractivity contribution in [2.24, 2.45) is 0 Å². The second-order valence-electron chi connectivity index (χ2n) is 6.02. The number of nitrogens with zero attached hydrogens (tertiary/aromatic N) is 1. The monoisotopic (exact) mass is 354 g/mol. The van der Waals surface area contributed by atoms with Crippen molar-refractivity contribution in [2.45, 2.75) is 19.4 Å². The van der Waals surface area contributed by atoms with Crippen LogP contribution in [0.5, 0.6) is 11.5 Å². The second-order valence-corrected chi connectivity index (χ2v) is 6.02. The Balaban J connectivity index is 1.62. The summed E-state index contributed by atoms with van der Waals surface area (Å²) in [7, 11) is 1.54. The number of carbonyl (C=O) groups is 2. The molecular formula is C20H22N2O4. The molecule has 0 unspecified atom stereocenters. The molecule has 0 radical (unpaired) electrons. The maximum Gasteiger partial charge on any atom is 0.264 e. The standard InChI is InChI=1S/C20H22N2O4/c1-3-22(13-19(23)21-15-9-5-7-11-17(15)25-2)20(24)18-12-14-8-4-6-10-16(14)26-18/h4-11,18H,3,12-13H2,1-2H3,(H,21,23)/t18-/m0/s1. The molecule has 1 atom stereocenters. The molecule has 6 heteroatoms. The van der Waals surface area contributed by atoms with Gasteiger partial charge in [0.2, 0.25) is 5.91 Å². The van der Waals surface area contributed by atoms with Crippen LogP contribution < -0.4 is 14.8 Å². The Kier molecular flexibility index (Phi) is 5.41. The van der Waals surface area contributed by atoms with Gasteiger partial charge in [0.25, 0.3) is 5.91 Å². The van der Waals surface area contributed by atoms with Crippen molar-refractivity contribution in [3.8, 4) is 11.5 Å². The van der Waals surface area contributed by atoms with Gasteiger partial charge in [-0.3, -0.25) is 9.59 Å². The van der Waals surface area contributed by atoms with E-state index in [4.69, 9.17) is 9.47 Å². The number of benzene rings is 2. The first kappa shape index (κ1) is 17.8. The fourth-order valence-corrected chi connectivity index (χ4v) is 2.98. The van der Waals surface area contributed by atoms with Gasteiger partial charge in [-0.2, -0.15) is 0 Å². The van der Waals surface area contributed by atoms with E-state index in [0.717, 1.165) is 11.3 Å². The minimum Gasteiger partial charge on any atom is -0.495 e. The third-order valence-corrected chi connectivity index (χ3v) is 4.33. The van der Waals surface area contributed by atoms with E-state index >= 15 is 0 Å². The van der Waals surface area contributed by atoms with Crippen LogP contribution in [0.15, 0.2) is 48.5 Å². The third kappa shape index (κ3) is 3.79. The molecule has 6 nitrogen and oxygen atoms in total. The minimum atomic E-state index is -0.577. The number of ether oxygens (including phenoxy) is 2. The Morgan fingerprint density at radius 3 is 2.65 bits per heavy atom. The highest BCUT2D eigenvalue weighted by molar-refractivity contribution is 5.96. The van der Waals surface area contributed by atoms with Gasteiger partial charge in [0.1, 0.15) is 11.5 Å². The molecule has 1 N–H and O–H groups in total. The van der Waals surface area contributed by atoms with E-state index in [9.17, 15) is 9.59 Å². The van der Waals surface area contributed by atoms with Crippen molar-refractivity contribution in [3.63, 3.8) is 0 Å². The minimum absolute atomic E-state index is 0.0381. The summed E-state index contributed by atoms with van der Waals surface area (Å²) in [6, 6.07) is 14.8. The lowest BCUT2D eigenvalue weighted by Crippen LogP contribution is -2.44. The normalized spacial score (nSPS) is 14.9. The number of carbonyl (C=O) groups excluding carboxylic acids is 2. The number of nitrogens with one attached hydrogen (secondary N) is 1. The molecule has 26 heavy (non-hydrogen) atoms. The van der Waals surface area contributed by atoms with Crippen LogP contribution in [0.1, 0.15) is 12.5 Å². The lowest BCUT2D eigenvalue weighted by molar-refractivity contribution is -0.140. The first-order valence-corrected chi connectivity index (χ1v) is 8.58. The average molecular weight is 354 g/mol. The van der Waals surface area contributed by atoms with E-state index < -0.39 is 6.10 Å². The van der Waals surface area contributed by atoms with E-state index in [0.29, 0.717) is 24.4 Å². The van der Waals surface area contributed by atoms with Crippen molar-refractivity contribution in [2.75, 3.05) is 25.5 Å². The predicted molar refractivity (Wildman–Crippen MR) is 98.4 cm³/mol. The van der Waals surface area contributed by atoms with Gasteiger partial charge in [-0.15, -0.1) is 0 Å². The molecule has 3 rings (SSSR count). The molecule has 1 heterocycles. The van der Waals surface area contributed by atoms with Crippen LogP contribution in [0.3, 0.4) is 0 Å². The Labute approximate surface area is 152 Å². The average Bonchev–Trinajstić information content (AvgIpc) is 3.10. The molecule has 0 spiro atoms. The SMILES string of the molecule is CCN(CC(=O)Nc1ccccc1OC)C(=O)[C@@H]1Cc2ccccc2O1. The quantitative estimate of drug-likeness (QED) is 0.865. The van der Waals surface area contributed by atoms with Gasteiger partial charge in [-0.1, -0.05) is 30.3 Å². The van der Waals surface area contributed by atoms with Crippen molar-refractivity contribution < 1.29 is 19.1 Å². The largest absolute Gasteiger partial charge is 0.495 e. The number of methoxy groups -OCH3 is 1. The molecule has 0 bridgehead atoms. The summed E-state index contributed by atoms with van der Waals surface area (Å²) in [6.45, 7) is 2.23. The fraction of sp³-hybridized carbons (Fsp3) is 0.300. The summed E-state index contributed by atoms with van der Waals surface area (Å²) >= 11 is 0. The van der Waals surface area contributed by atoms with Crippen LogP contribution in [-0.4, -0.2) is 43.0 Å². The highest BCUT2D eigenvalue weighted by Gasteiger charge is 2.32. The van der Waals surface area contributed by atoms with Crippen LogP contribution >= 0.6 is 0 Å². The Morgan fingerprint density at radius 1 is 1.19 bits per heavy atom. The van der Waals surface area contributed by atoms with Gasteiger partial charge in [0.15, 0.2) is 6.10 Å². The number of fused-ring (bicyclic) bond motifs is 1. The Morgan fingerprint density at radius 2 is 1.92 bits per heavy atom. The second kappa shape index (κ2) is 7.91. The smallest absolute Gasteiger partial charge is 0.264 e. The Hall–Kier alpha value is -3.02. The molecule has 0 fully saturated rings. The maximum absolute atomic E-state index is 12.8. The number of para-hydroxylation sites is 3. The van der Waals surface area contributed by atoms with Crippen molar-refractivity contribution in [1.29, 1.82) is 0 Å². The molecule has 0 saturated carbocycles. The summed E-state index contributed by atoms with van der Waals surface area (Å²) in [4.78, 5) is 26.6. The molecule has 0 aliphatic carbocycles. The molecule has 0 saturated heterocycles. The van der Waals surface area contributed by atoms with Gasteiger partial charge in [-0.05, 0) is 30.7 Å². The van der Waals surface area contributed by atoms with Gasteiger partial charge in [-0.25, -0.2) is 0 Å². The van der Waals surface area contributed by atoms with E-state index in [1.807, 2.05) is 43.3 Å². The van der Waals surface area contributed by atoms with Crippen LogP contribution in [0.2, 0.25) is 0 Å². The van der Waals surface area contributed by atoms with Gasteiger partial charge < -0.3 is 19.7 Å². The van der Waals surface area contributed by atoms with Crippen molar-refractivity contribution in [1.82, 2.24) is 4.90 Å². The Bertz CT molecular complexity index is 781. The zero-order valence-corrected chi connectivity index (χ0v) is 14.9. The summed E-state index contributed by atoms with van der Waals surface area (Å²) in [6.07, 6.45) is -0.0500. The molecular weight excluding hydrogens is 332 g/mol. The number of hydrogen-bond acceptors (Lipinski definition) is 4. The van der Waals surface area contributed by atoms with Gasteiger partial charge in [0, 0.05) is 13.0 Å². The molecule has 2 aromatic rings. The number of anilines is 1. The van der Waals surface area contributed by atoms with Crippen LogP contribution in [0, 0.1) is 0 Å². The van der Waals surface area contributed by atoms with E-state index in [1.165, 1.54) is 4.90 Å². The van der Waals surface area contributed by atoms with Crippen molar-refractivity contribution >= 4 is 17.5 Å². The van der Waals surface area contributed by atoms with Crippen LogP contribution in [0.25, 0.3) is 0 Å². The van der Waals surface area contributed by atoms with Crippen molar-refractivity contribution in [3.05, 3.63) is 54.1 Å². The highest BCUT2D eigenvalue weighted by Crippen LogP contribution is 2.29. The number of likely N-dealkylation sites (N-methyl/N-ethyl adjacent to an activating group) is 1. The summed E-state index contributed by atoms with van der Waals surface area (Å²) in [5, 5.41) is 2.79. The molecule has 1 aliphatic heterocycles. The summed E-state index contributed by atoms with van der Waals surface area (Å²) in [5.41, 5.74) is 1.59. The number of hydrogen-bond donors (Lipinski definition) is 1. The van der Waals surface area contributed by atoms with Gasteiger partial charge >= 0.3 is 0 Å². The number of amides is 2. The van der Waals surface area contributed by atoms with Crippen LogP contribution in [-0.2, 0) is 16.0 Å². The van der Waals surface area contributed by atoms with E-state index in [2.05, 4.69) is 5.32 Å². The molecule has 0 aromatic heterocycles. The van der Waals surface area contributed by atoms with Gasteiger partial charge in [0.05, 0.1) is 19.3 Å². The maximum atomic E-state index is 12.8. The zero-order chi connectivity index (χ0) is 18.5. The lowest BCUT2D eigenvalue weighted by Gasteiger charge is -2.23. The van der Waals surface area contributed by atoms with E-state index in [1.54, 1.807) is 19.2 Å². The molecule has 2 aromatic carbocycles.